The van der Waals surface area contributed by atoms with Gasteiger partial charge in [0.05, 0.1) is 6.04 Å². The summed E-state index contributed by atoms with van der Waals surface area (Å²) in [5.41, 5.74) is 0.507. The predicted octanol–water partition coefficient (Wildman–Crippen LogP) is 2.71. The molecule has 1 saturated heterocycles. The Labute approximate surface area is 120 Å². The minimum absolute atomic E-state index is 0.423. The van der Waals surface area contributed by atoms with Crippen LogP contribution in [-0.4, -0.2) is 37.0 Å². The Bertz CT molecular complexity index is 492. The number of rotatable bonds is 3. The van der Waals surface area contributed by atoms with Gasteiger partial charge in [-0.05, 0) is 5.56 Å². The summed E-state index contributed by atoms with van der Waals surface area (Å²) in [4.78, 5) is 16.1. The Morgan fingerprint density at radius 3 is 2.48 bits per heavy atom. The molecule has 0 spiro atoms. The Morgan fingerprint density at radius 2 is 1.95 bits per heavy atom. The van der Waals surface area contributed by atoms with Gasteiger partial charge in [0.25, 0.3) is 0 Å². The van der Waals surface area contributed by atoms with Crippen molar-refractivity contribution >= 4 is 5.97 Å². The summed E-state index contributed by atoms with van der Waals surface area (Å²) in [6.45, 7) is 0.725. The van der Waals surface area contributed by atoms with Crippen LogP contribution in [0.15, 0.2) is 30.3 Å². The average Bonchev–Trinajstić information content (AvgIpc) is 2.74. The summed E-state index contributed by atoms with van der Waals surface area (Å²) in [5.74, 6) is -2.39. The first-order valence-corrected chi connectivity index (χ1v) is 6.45. The van der Waals surface area contributed by atoms with Gasteiger partial charge in [0, 0.05) is 14.0 Å². The monoisotopic (exact) mass is 303 g/mol. The van der Waals surface area contributed by atoms with Crippen molar-refractivity contribution in [1.82, 2.24) is 5.06 Å². The molecular formula is C14H16F3NO3. The largest absolute Gasteiger partial charge is 0.463 e. The number of halogens is 3. The van der Waals surface area contributed by atoms with E-state index in [9.17, 15) is 18.0 Å². The molecule has 116 valence electrons. The summed E-state index contributed by atoms with van der Waals surface area (Å²) < 4.78 is 44.9. The van der Waals surface area contributed by atoms with Crippen LogP contribution in [0.25, 0.3) is 0 Å². The maximum absolute atomic E-state index is 13.4. The second-order valence-corrected chi connectivity index (χ2v) is 4.92. The van der Waals surface area contributed by atoms with Gasteiger partial charge >= 0.3 is 12.1 Å². The highest BCUT2D eigenvalue weighted by molar-refractivity contribution is 5.65. The van der Waals surface area contributed by atoms with Crippen LogP contribution >= 0.6 is 0 Å². The zero-order valence-electron chi connectivity index (χ0n) is 11.6. The number of alkyl halides is 3. The van der Waals surface area contributed by atoms with Crippen molar-refractivity contribution in [3.05, 3.63) is 35.9 Å². The molecule has 2 rings (SSSR count). The molecule has 0 bridgehead atoms. The lowest BCUT2D eigenvalue weighted by Crippen LogP contribution is -2.37. The number of carbonyl (C=O) groups excluding carboxylic acids is 1. The van der Waals surface area contributed by atoms with Crippen LogP contribution < -0.4 is 0 Å². The van der Waals surface area contributed by atoms with Gasteiger partial charge in [-0.25, -0.2) is 0 Å². The second-order valence-electron chi connectivity index (χ2n) is 4.92. The van der Waals surface area contributed by atoms with Crippen molar-refractivity contribution in [2.24, 2.45) is 5.92 Å². The molecule has 1 heterocycles. The van der Waals surface area contributed by atoms with Crippen molar-refractivity contribution in [3.63, 3.8) is 0 Å². The van der Waals surface area contributed by atoms with E-state index < -0.39 is 36.8 Å². The number of carbonyl (C=O) groups is 1. The van der Waals surface area contributed by atoms with E-state index in [0.717, 1.165) is 6.92 Å². The SMILES string of the molecule is CC(=O)OC[C@@H]1ON(C)[C@H](c2ccccc2)[C@H]1C(F)(F)F. The molecule has 1 aliphatic rings. The van der Waals surface area contributed by atoms with Crippen LogP contribution in [0.4, 0.5) is 13.2 Å². The number of hydrogen-bond donors (Lipinski definition) is 0. The van der Waals surface area contributed by atoms with Crippen LogP contribution in [-0.2, 0) is 14.4 Å². The maximum atomic E-state index is 13.4. The Morgan fingerprint density at radius 1 is 1.33 bits per heavy atom. The highest BCUT2D eigenvalue weighted by Gasteiger charge is 2.57. The zero-order valence-corrected chi connectivity index (χ0v) is 11.6. The molecular weight excluding hydrogens is 287 g/mol. The van der Waals surface area contributed by atoms with E-state index in [1.807, 2.05) is 0 Å². The molecule has 1 aliphatic heterocycles. The molecule has 0 saturated carbocycles. The summed E-state index contributed by atoms with van der Waals surface area (Å²) >= 11 is 0. The molecule has 0 unspecified atom stereocenters. The summed E-state index contributed by atoms with van der Waals surface area (Å²) in [6.07, 6.45) is -5.71. The third-order valence-electron chi connectivity index (χ3n) is 3.40. The number of hydrogen-bond acceptors (Lipinski definition) is 4. The van der Waals surface area contributed by atoms with Crippen molar-refractivity contribution in [2.45, 2.75) is 25.2 Å². The smallest absolute Gasteiger partial charge is 0.396 e. The average molecular weight is 303 g/mol. The molecule has 21 heavy (non-hydrogen) atoms. The van der Waals surface area contributed by atoms with Crippen LogP contribution in [0, 0.1) is 5.92 Å². The standard InChI is InChI=1S/C14H16F3NO3/c1-9(19)20-8-11-12(14(15,16)17)13(18(2)21-11)10-6-4-3-5-7-10/h3-7,11-13H,8H2,1-2H3/t11-,12-,13+/m0/s1. The van der Waals surface area contributed by atoms with Crippen LogP contribution in [0.5, 0.6) is 0 Å². The van der Waals surface area contributed by atoms with Gasteiger partial charge < -0.3 is 4.74 Å². The van der Waals surface area contributed by atoms with Crippen LogP contribution in [0.1, 0.15) is 18.5 Å². The van der Waals surface area contributed by atoms with E-state index in [4.69, 9.17) is 9.57 Å². The molecule has 4 nitrogen and oxygen atoms in total. The first-order chi connectivity index (χ1) is 9.80. The van der Waals surface area contributed by atoms with Gasteiger partial charge in [0.1, 0.15) is 18.6 Å². The topological polar surface area (TPSA) is 38.8 Å². The van der Waals surface area contributed by atoms with E-state index in [-0.39, 0.29) is 0 Å². The van der Waals surface area contributed by atoms with Gasteiger partial charge in [-0.2, -0.15) is 18.2 Å². The molecule has 3 atom stereocenters. The van der Waals surface area contributed by atoms with Gasteiger partial charge in [0.2, 0.25) is 0 Å². The van der Waals surface area contributed by atoms with E-state index in [0.29, 0.717) is 5.56 Å². The maximum Gasteiger partial charge on any atom is 0.396 e. The van der Waals surface area contributed by atoms with Crippen LogP contribution in [0.3, 0.4) is 0 Å². The van der Waals surface area contributed by atoms with E-state index in [1.54, 1.807) is 30.3 Å². The number of nitrogens with zero attached hydrogens (tertiary/aromatic N) is 1. The Kier molecular flexibility index (Phi) is 4.53. The second kappa shape index (κ2) is 6.03. The van der Waals surface area contributed by atoms with Crippen LogP contribution in [0.2, 0.25) is 0 Å². The summed E-state index contributed by atoms with van der Waals surface area (Å²) in [6, 6.07) is 7.37. The molecule has 0 N–H and O–H groups in total. The molecule has 0 aromatic heterocycles. The lowest BCUT2D eigenvalue weighted by atomic mass is 9.89. The van der Waals surface area contributed by atoms with Crippen molar-refractivity contribution in [1.29, 1.82) is 0 Å². The molecule has 7 heteroatoms. The molecule has 0 aliphatic carbocycles. The van der Waals surface area contributed by atoms with E-state index in [1.165, 1.54) is 12.1 Å². The molecule has 1 aromatic carbocycles. The fourth-order valence-corrected chi connectivity index (χ4v) is 2.57. The third-order valence-corrected chi connectivity index (χ3v) is 3.40. The fourth-order valence-electron chi connectivity index (χ4n) is 2.57. The van der Waals surface area contributed by atoms with E-state index >= 15 is 0 Å². The first kappa shape index (κ1) is 15.8. The van der Waals surface area contributed by atoms with Crippen molar-refractivity contribution in [3.8, 4) is 0 Å². The highest BCUT2D eigenvalue weighted by atomic mass is 19.4. The summed E-state index contributed by atoms with van der Waals surface area (Å²) in [7, 11) is 1.45. The molecule has 0 radical (unpaired) electrons. The molecule has 1 aromatic rings. The van der Waals surface area contributed by atoms with E-state index in [2.05, 4.69) is 0 Å². The number of esters is 1. The number of ether oxygens (including phenoxy) is 1. The van der Waals surface area contributed by atoms with Gasteiger partial charge in [0.15, 0.2) is 0 Å². The Hall–Kier alpha value is -1.60. The lowest BCUT2D eigenvalue weighted by Gasteiger charge is -2.25. The number of hydroxylamine groups is 2. The first-order valence-electron chi connectivity index (χ1n) is 6.45. The van der Waals surface area contributed by atoms with Gasteiger partial charge in [-0.3, -0.25) is 9.63 Å². The quantitative estimate of drug-likeness (QED) is 0.805. The van der Waals surface area contributed by atoms with Gasteiger partial charge in [-0.15, -0.1) is 0 Å². The van der Waals surface area contributed by atoms with Crippen molar-refractivity contribution in [2.75, 3.05) is 13.7 Å². The zero-order chi connectivity index (χ0) is 15.6. The summed E-state index contributed by atoms with van der Waals surface area (Å²) in [5, 5.41) is 1.18. The normalized spacial score (nSPS) is 26.8. The highest BCUT2D eigenvalue weighted by Crippen LogP contribution is 2.47. The lowest BCUT2D eigenvalue weighted by molar-refractivity contribution is -0.200. The minimum Gasteiger partial charge on any atom is -0.463 e. The predicted molar refractivity (Wildman–Crippen MR) is 68.0 cm³/mol. The molecule has 1 fully saturated rings. The fraction of sp³-hybridized carbons (Fsp3) is 0.500. The third kappa shape index (κ3) is 3.54. The van der Waals surface area contributed by atoms with Crippen molar-refractivity contribution < 1.29 is 27.5 Å². The Balaban J connectivity index is 2.28. The van der Waals surface area contributed by atoms with Gasteiger partial charge in [-0.1, -0.05) is 30.3 Å². The minimum atomic E-state index is -4.46. The number of benzene rings is 1. The molecule has 0 amide bonds.